The van der Waals surface area contributed by atoms with E-state index in [1.807, 2.05) is 27.7 Å². The minimum atomic E-state index is -1.67. The summed E-state index contributed by atoms with van der Waals surface area (Å²) >= 11 is 6.43. The van der Waals surface area contributed by atoms with Crippen molar-refractivity contribution in [1.82, 2.24) is 60.9 Å². The molecule has 27 heteroatoms. The molecule has 546 valence electrons. The molecule has 2 heterocycles. The van der Waals surface area contributed by atoms with E-state index < -0.39 is 174 Å². The molecular formula is C71H111ClN12O14. The highest BCUT2D eigenvalue weighted by atomic mass is 35.5. The molecule has 4 rings (SSSR count). The molecule has 0 unspecified atom stereocenters. The smallest absolute Gasteiger partial charge is 0.248 e. The minimum Gasteiger partial charge on any atom is -0.391 e. The van der Waals surface area contributed by atoms with Crippen molar-refractivity contribution in [2.45, 2.75) is 213 Å². The topological polar surface area (TPSA) is 317 Å². The van der Waals surface area contributed by atoms with Gasteiger partial charge in [0, 0.05) is 73.2 Å². The third-order valence-corrected chi connectivity index (χ3v) is 18.1. The number of nitrogens with zero attached hydrogens (tertiary/aromatic N) is 7. The van der Waals surface area contributed by atoms with E-state index in [0.717, 1.165) is 26.0 Å². The average molecular weight is 1390 g/mol. The predicted molar refractivity (Wildman–Crippen MR) is 372 cm³/mol. The van der Waals surface area contributed by atoms with Crippen molar-refractivity contribution < 1.29 is 67.4 Å². The Morgan fingerprint density at radius 3 is 1.62 bits per heavy atom. The summed E-state index contributed by atoms with van der Waals surface area (Å²) in [4.78, 5) is 186. The Labute approximate surface area is 584 Å². The zero-order valence-corrected chi connectivity index (χ0v) is 61.9. The molecule has 2 aromatic carbocycles. The molecule has 0 saturated carbocycles. The van der Waals surface area contributed by atoms with Crippen LogP contribution in [0.3, 0.4) is 0 Å². The lowest BCUT2D eigenvalue weighted by atomic mass is 9.96. The maximum atomic E-state index is 15.5. The monoisotopic (exact) mass is 1390 g/mol. The largest absolute Gasteiger partial charge is 0.391 e. The molecule has 0 aliphatic carbocycles. The van der Waals surface area contributed by atoms with Gasteiger partial charge >= 0.3 is 0 Å². The van der Waals surface area contributed by atoms with E-state index in [1.54, 1.807) is 108 Å². The highest BCUT2D eigenvalue weighted by Crippen LogP contribution is 2.23. The number of nitrogens with one attached hydrogen (secondary N) is 5. The fraction of sp³-hybridized carbons (Fsp3) is 0.662. The van der Waals surface area contributed by atoms with Crippen molar-refractivity contribution >= 4 is 82.5 Å². The average Bonchev–Trinajstić information content (AvgIpc) is 0.819. The Kier molecular flexibility index (Phi) is 31.6. The third-order valence-electron chi connectivity index (χ3n) is 17.9. The molecule has 2 aromatic rings. The maximum Gasteiger partial charge on any atom is 0.248 e. The van der Waals surface area contributed by atoms with Gasteiger partial charge in [-0.15, -0.1) is 0 Å². The molecule has 0 bridgehead atoms. The van der Waals surface area contributed by atoms with Gasteiger partial charge in [0.2, 0.25) is 70.9 Å². The van der Waals surface area contributed by atoms with Crippen LogP contribution in [0.2, 0.25) is 5.02 Å². The van der Waals surface area contributed by atoms with Crippen molar-refractivity contribution in [2.75, 3.05) is 68.5 Å². The van der Waals surface area contributed by atoms with E-state index in [1.165, 1.54) is 65.9 Å². The molecule has 2 aliphatic heterocycles. The second-order valence-electron chi connectivity index (χ2n) is 28.9. The van der Waals surface area contributed by atoms with Crippen molar-refractivity contribution in [1.29, 1.82) is 0 Å². The van der Waals surface area contributed by atoms with Gasteiger partial charge in [0.25, 0.3) is 0 Å². The number of likely N-dealkylation sites (tertiary alicyclic amines) is 1. The van der Waals surface area contributed by atoms with Crippen LogP contribution < -0.4 is 26.6 Å². The van der Waals surface area contributed by atoms with Crippen LogP contribution in [0.1, 0.15) is 140 Å². The van der Waals surface area contributed by atoms with Crippen LogP contribution in [0.15, 0.2) is 54.6 Å². The number of benzene rings is 2. The summed E-state index contributed by atoms with van der Waals surface area (Å²) < 4.78 is 6.18. The van der Waals surface area contributed by atoms with Crippen molar-refractivity contribution in [3.05, 3.63) is 70.7 Å². The number of hydrogen-bond donors (Lipinski definition) is 6. The molecular weight excluding hydrogens is 1280 g/mol. The summed E-state index contributed by atoms with van der Waals surface area (Å²) in [5, 5.41) is 25.2. The summed E-state index contributed by atoms with van der Waals surface area (Å²) in [7, 11) is 8.16. The Morgan fingerprint density at radius 1 is 0.561 bits per heavy atom. The second-order valence-corrected chi connectivity index (χ2v) is 29.3. The first-order chi connectivity index (χ1) is 45.7. The molecule has 0 spiro atoms. The van der Waals surface area contributed by atoms with Gasteiger partial charge in [-0.2, -0.15) is 0 Å². The van der Waals surface area contributed by atoms with Crippen LogP contribution in [-0.4, -0.2) is 251 Å². The molecule has 2 fully saturated rings. The first-order valence-electron chi connectivity index (χ1n) is 34.1. The van der Waals surface area contributed by atoms with E-state index in [4.69, 9.17) is 16.3 Å². The van der Waals surface area contributed by atoms with Crippen LogP contribution >= 0.6 is 11.6 Å². The molecule has 6 N–H and O–H groups in total. The standard InChI is InChI=1S/C71H111ClN12O14/c1-41(2)33-52-61(88)75-51(40-98-71(11,12)13)66(93)82(18)55(36-47-27-22-20-23-28-47)68(95)81(17)53(34-42(3)4)62(89)74-50(67(94)84-31-24-21-25-32-84)38-56(86)73-45(9)65(92)80(16)54(37-48-29-26-30-49(72)35-48)63(90)76-58(43(5)6)70(97)83(19)60(44(7)8)64(91)77-59(46(10)85)69(96)78(14)39-57(87)79(52)15/h20,22-23,26-30,35,41-46,50-55,58-60,85H,21,24-25,31-34,36-40H2,1-19H3,(H,73,86)(H,74,89)(H,75,88)(H,76,90)(H,77,91)/t45-,46+,50-,51-,52-,53-,54-,55-,58-,59-,60-/m0/s1. The lowest BCUT2D eigenvalue weighted by Crippen LogP contribution is -2.63. The Balaban J connectivity index is 1.96. The van der Waals surface area contributed by atoms with Gasteiger partial charge in [0.1, 0.15) is 60.4 Å². The lowest BCUT2D eigenvalue weighted by Gasteiger charge is -2.38. The second kappa shape index (κ2) is 37.5. The Hall–Kier alpha value is -7.71. The van der Waals surface area contributed by atoms with Crippen molar-refractivity contribution in [3.8, 4) is 0 Å². The maximum absolute atomic E-state index is 15.5. The first kappa shape index (κ1) is 82.7. The van der Waals surface area contributed by atoms with Gasteiger partial charge in [-0.3, -0.25) is 57.5 Å². The Morgan fingerprint density at radius 2 is 1.08 bits per heavy atom. The lowest BCUT2D eigenvalue weighted by molar-refractivity contribution is -0.151. The summed E-state index contributed by atoms with van der Waals surface area (Å²) in [5.41, 5.74) is 0.294. The molecule has 11 atom stereocenters. The van der Waals surface area contributed by atoms with Crippen molar-refractivity contribution in [2.24, 2.45) is 23.7 Å². The number of aliphatic hydroxyl groups excluding tert-OH is 1. The van der Waals surface area contributed by atoms with Gasteiger partial charge in [-0.05, 0) is 114 Å². The summed E-state index contributed by atoms with van der Waals surface area (Å²) in [6.07, 6.45) is -0.151. The SMILES string of the molecule is CC(C)C[C@H]1C(=O)N[C@@H](COC(C)(C)C)C(=O)N(C)[C@@H](Cc2ccccc2)C(=O)N(C)[C@@H](CC(C)C)C(=O)N[C@H](C(=O)N2CCCCC2)CC(=O)N[C@@H](C)C(=O)N(C)[C@@H](Cc2cccc(Cl)c2)C(=O)N[C@@H](C(C)C)C(=O)N(C)[C@@H](C(C)C)C(=O)N[C@@H]([C@@H](C)O)C(=O)N(C)CC(=O)N1C. The molecule has 98 heavy (non-hydrogen) atoms. The quantitative estimate of drug-likeness (QED) is 0.158. The number of halogens is 1. The van der Waals surface area contributed by atoms with Crippen molar-refractivity contribution in [3.63, 3.8) is 0 Å². The van der Waals surface area contributed by atoms with Gasteiger partial charge in [0.05, 0.1) is 31.3 Å². The van der Waals surface area contributed by atoms with Gasteiger partial charge in [0.15, 0.2) is 0 Å². The molecule has 12 amide bonds. The minimum absolute atomic E-state index is 0.0485. The van der Waals surface area contributed by atoms with Gasteiger partial charge in [-0.1, -0.05) is 109 Å². The number of carbonyl (C=O) groups is 12. The van der Waals surface area contributed by atoms with Crippen LogP contribution in [0.5, 0.6) is 0 Å². The first-order valence-corrected chi connectivity index (χ1v) is 34.5. The highest BCUT2D eigenvalue weighted by molar-refractivity contribution is 6.30. The number of likely N-dealkylation sites (N-methyl/N-ethyl adjacent to an activating group) is 6. The molecule has 0 aromatic heterocycles. The Bertz CT molecular complexity index is 3100. The summed E-state index contributed by atoms with van der Waals surface area (Å²) in [5.74, 6) is -11.0. The van der Waals surface area contributed by atoms with E-state index in [2.05, 4.69) is 26.6 Å². The molecule has 2 saturated heterocycles. The zero-order valence-electron chi connectivity index (χ0n) is 61.1. The fourth-order valence-electron chi connectivity index (χ4n) is 12.1. The predicted octanol–water partition coefficient (Wildman–Crippen LogP) is 3.18. The van der Waals surface area contributed by atoms with E-state index in [-0.39, 0.29) is 37.5 Å². The van der Waals surface area contributed by atoms with Crippen LogP contribution in [0.4, 0.5) is 0 Å². The number of amides is 12. The van der Waals surface area contributed by atoms with E-state index in [0.29, 0.717) is 42.1 Å². The number of hydrogen-bond acceptors (Lipinski definition) is 14. The fourth-order valence-corrected chi connectivity index (χ4v) is 12.4. The van der Waals surface area contributed by atoms with Gasteiger partial charge < -0.3 is 70.7 Å². The molecule has 2 aliphatic rings. The normalized spacial score (nSPS) is 25.4. The van der Waals surface area contributed by atoms with Crippen LogP contribution in [-0.2, 0) is 75.1 Å². The van der Waals surface area contributed by atoms with Crippen LogP contribution in [0, 0.1) is 23.7 Å². The zero-order chi connectivity index (χ0) is 74.0. The summed E-state index contributed by atoms with van der Waals surface area (Å²) in [6, 6.07) is 1.44. The number of carbonyl (C=O) groups excluding carboxylic acids is 12. The molecule has 0 radical (unpaired) electrons. The number of aliphatic hydroxyl groups is 1. The van der Waals surface area contributed by atoms with E-state index in [9.17, 15) is 48.3 Å². The number of rotatable bonds is 14. The van der Waals surface area contributed by atoms with Crippen LogP contribution in [0.25, 0.3) is 0 Å². The highest BCUT2D eigenvalue weighted by Gasteiger charge is 2.44. The number of piperidine rings is 1. The third kappa shape index (κ3) is 23.8. The van der Waals surface area contributed by atoms with Gasteiger partial charge in [-0.25, -0.2) is 0 Å². The number of ether oxygens (including phenoxy) is 1. The molecule has 26 nitrogen and oxygen atoms in total. The summed E-state index contributed by atoms with van der Waals surface area (Å²) in [6.45, 7) is 21.5. The van der Waals surface area contributed by atoms with E-state index >= 15 is 14.4 Å².